The van der Waals surface area contributed by atoms with E-state index < -0.39 is 0 Å². The van der Waals surface area contributed by atoms with Crippen LogP contribution in [0.15, 0.2) is 28.4 Å². The Morgan fingerprint density at radius 2 is 1.73 bits per heavy atom. The van der Waals surface area contributed by atoms with Crippen molar-refractivity contribution >= 4 is 6.08 Å². The van der Waals surface area contributed by atoms with Crippen molar-refractivity contribution in [2.75, 3.05) is 0 Å². The number of hydrogen-bond donors (Lipinski definition) is 1. The molecule has 1 aliphatic carbocycles. The van der Waals surface area contributed by atoms with Gasteiger partial charge >= 0.3 is 0 Å². The highest BCUT2D eigenvalue weighted by molar-refractivity contribution is 5.65. The summed E-state index contributed by atoms with van der Waals surface area (Å²) in [7, 11) is 3.89. The Bertz CT molecular complexity index is 1180. The fourth-order valence-corrected chi connectivity index (χ4v) is 4.75. The van der Waals surface area contributed by atoms with Crippen LogP contribution in [0.25, 0.3) is 6.08 Å². The number of nitriles is 1. The number of ether oxygens (including phenoxy) is 1. The summed E-state index contributed by atoms with van der Waals surface area (Å²) in [5, 5.41) is 19.0. The van der Waals surface area contributed by atoms with Crippen molar-refractivity contribution in [3.05, 3.63) is 62.3 Å². The van der Waals surface area contributed by atoms with Crippen LogP contribution >= 0.6 is 0 Å². The molecule has 1 aliphatic heterocycles. The Morgan fingerprint density at radius 1 is 1.07 bits per heavy atom. The van der Waals surface area contributed by atoms with Crippen LogP contribution in [0.4, 0.5) is 0 Å². The Kier molecular flexibility index (Phi) is 4.81. The molecule has 0 aromatic carbocycles. The molecule has 156 valence electrons. The first-order chi connectivity index (χ1) is 14.2. The first kappa shape index (κ1) is 20.0. The number of nitrogens with zero attached hydrogens (tertiary/aromatic N) is 5. The molecule has 0 radical (unpaired) electrons. The van der Waals surface area contributed by atoms with Crippen LogP contribution in [-0.2, 0) is 18.8 Å². The molecule has 0 spiro atoms. The predicted molar refractivity (Wildman–Crippen MR) is 115 cm³/mol. The van der Waals surface area contributed by atoms with Crippen molar-refractivity contribution in [1.82, 2.24) is 19.6 Å². The molecule has 0 fully saturated rings. The molecule has 0 amide bonds. The normalized spacial score (nSPS) is 20.4. The van der Waals surface area contributed by atoms with Crippen LogP contribution in [0.2, 0.25) is 0 Å². The van der Waals surface area contributed by atoms with Crippen LogP contribution in [0, 0.1) is 39.0 Å². The van der Waals surface area contributed by atoms with E-state index in [4.69, 9.17) is 10.5 Å². The molecule has 7 heteroatoms. The predicted octanol–water partition coefficient (Wildman–Crippen LogP) is 3.72. The van der Waals surface area contributed by atoms with Crippen molar-refractivity contribution in [3.8, 4) is 6.07 Å². The Labute approximate surface area is 177 Å². The van der Waals surface area contributed by atoms with E-state index in [2.05, 4.69) is 29.3 Å². The van der Waals surface area contributed by atoms with Gasteiger partial charge in [-0.1, -0.05) is 0 Å². The summed E-state index contributed by atoms with van der Waals surface area (Å²) in [6, 6.07) is 2.31. The molecule has 30 heavy (non-hydrogen) atoms. The maximum absolute atomic E-state index is 9.91. The second kappa shape index (κ2) is 7.21. The third-order valence-electron chi connectivity index (χ3n) is 6.45. The van der Waals surface area contributed by atoms with Crippen LogP contribution in [0.3, 0.4) is 0 Å². The van der Waals surface area contributed by atoms with Crippen molar-refractivity contribution in [3.63, 3.8) is 0 Å². The second-order valence-electron chi connectivity index (χ2n) is 8.22. The lowest BCUT2D eigenvalue weighted by Gasteiger charge is -2.33. The lowest BCUT2D eigenvalue weighted by molar-refractivity contribution is 0.277. The molecule has 0 bridgehead atoms. The molecule has 2 aromatic rings. The van der Waals surface area contributed by atoms with Gasteiger partial charge in [-0.3, -0.25) is 9.36 Å². The fraction of sp³-hybridized carbons (Fsp3) is 0.435. The second-order valence-corrected chi connectivity index (χ2v) is 8.22. The fourth-order valence-electron chi connectivity index (χ4n) is 4.75. The van der Waals surface area contributed by atoms with Gasteiger partial charge in [0.2, 0.25) is 5.88 Å². The van der Waals surface area contributed by atoms with Crippen LogP contribution in [0.1, 0.15) is 59.1 Å². The van der Waals surface area contributed by atoms with Gasteiger partial charge in [0.05, 0.1) is 17.3 Å². The Balaban J connectivity index is 1.92. The summed E-state index contributed by atoms with van der Waals surface area (Å²) in [6.45, 7) is 8.12. The molecule has 7 nitrogen and oxygen atoms in total. The average Bonchev–Trinajstić information content (AvgIpc) is 3.09. The van der Waals surface area contributed by atoms with Crippen LogP contribution < -0.4 is 5.73 Å². The van der Waals surface area contributed by atoms with E-state index in [1.807, 2.05) is 44.2 Å². The van der Waals surface area contributed by atoms with E-state index >= 15 is 0 Å². The molecule has 1 atom stereocenters. The van der Waals surface area contributed by atoms with Crippen molar-refractivity contribution in [2.24, 2.45) is 19.8 Å². The van der Waals surface area contributed by atoms with E-state index in [1.54, 1.807) is 0 Å². The monoisotopic (exact) mass is 404 g/mol. The summed E-state index contributed by atoms with van der Waals surface area (Å²) in [4.78, 5) is 0. The van der Waals surface area contributed by atoms with Gasteiger partial charge in [-0.15, -0.1) is 0 Å². The summed E-state index contributed by atoms with van der Waals surface area (Å²) in [5.74, 6) is 0.789. The Hall–Kier alpha value is -3.27. The number of aryl methyl sites for hydroxylation is 4. The maximum atomic E-state index is 9.91. The summed E-state index contributed by atoms with van der Waals surface area (Å²) in [6.07, 6.45) is 4.95. The first-order valence-electron chi connectivity index (χ1n) is 10.3. The molecular formula is C23H28N6O. The van der Waals surface area contributed by atoms with E-state index in [9.17, 15) is 5.26 Å². The van der Waals surface area contributed by atoms with Gasteiger partial charge in [0.15, 0.2) is 0 Å². The highest BCUT2D eigenvalue weighted by Crippen LogP contribution is 2.48. The van der Waals surface area contributed by atoms with Crippen LogP contribution in [0.5, 0.6) is 0 Å². The third-order valence-corrected chi connectivity index (χ3v) is 6.45. The van der Waals surface area contributed by atoms with E-state index in [0.717, 1.165) is 70.1 Å². The average molecular weight is 405 g/mol. The SMILES string of the molecule is Cc1nn(C)c(C)c1C=C1CCCC2=C1OC(N)=C(C#N)C2c1c(C)nn(C)c1C. The number of rotatable bonds is 2. The summed E-state index contributed by atoms with van der Waals surface area (Å²) in [5.41, 5.74) is 15.2. The van der Waals surface area contributed by atoms with Gasteiger partial charge in [0.1, 0.15) is 17.4 Å². The highest BCUT2D eigenvalue weighted by atomic mass is 16.5. The molecular weight excluding hydrogens is 376 g/mol. The topological polar surface area (TPSA) is 94.7 Å². The molecule has 4 rings (SSSR count). The lowest BCUT2D eigenvalue weighted by Crippen LogP contribution is -2.24. The summed E-state index contributed by atoms with van der Waals surface area (Å²) >= 11 is 0. The molecule has 1 unspecified atom stereocenters. The van der Waals surface area contributed by atoms with Gasteiger partial charge in [-0.05, 0) is 64.2 Å². The van der Waals surface area contributed by atoms with Gasteiger partial charge in [-0.25, -0.2) is 0 Å². The first-order valence-corrected chi connectivity index (χ1v) is 10.3. The minimum absolute atomic E-state index is 0.191. The van der Waals surface area contributed by atoms with Gasteiger partial charge < -0.3 is 10.5 Å². The number of aromatic nitrogens is 4. The smallest absolute Gasteiger partial charge is 0.205 e. The van der Waals surface area contributed by atoms with Crippen molar-refractivity contribution in [2.45, 2.75) is 52.9 Å². The molecule has 0 saturated heterocycles. The van der Waals surface area contributed by atoms with Gasteiger partial charge in [-0.2, -0.15) is 15.5 Å². The zero-order chi connectivity index (χ0) is 21.7. The number of hydrogen-bond acceptors (Lipinski definition) is 5. The lowest BCUT2D eigenvalue weighted by atomic mass is 9.76. The van der Waals surface area contributed by atoms with Crippen LogP contribution in [-0.4, -0.2) is 19.6 Å². The quantitative estimate of drug-likeness (QED) is 0.823. The number of allylic oxidation sites excluding steroid dienone is 3. The molecule has 2 aromatic heterocycles. The zero-order valence-corrected chi connectivity index (χ0v) is 18.5. The standard InChI is InChI=1S/C23H28N6O/c1-12-18(14(3)28(5)26-12)10-16-8-7-9-17-21(19(11-24)23(25)30-22(16)17)20-13(2)27-29(6)15(20)4/h10,21H,7-9,25H2,1-6H3. The minimum Gasteiger partial charge on any atom is -0.440 e. The van der Waals surface area contributed by atoms with E-state index in [0.29, 0.717) is 5.57 Å². The highest BCUT2D eigenvalue weighted by Gasteiger charge is 2.38. The third kappa shape index (κ3) is 2.95. The number of nitrogens with two attached hydrogens (primary N) is 1. The van der Waals surface area contributed by atoms with Gasteiger partial charge in [0.25, 0.3) is 0 Å². The minimum atomic E-state index is -0.216. The maximum Gasteiger partial charge on any atom is 0.205 e. The molecule has 3 heterocycles. The largest absolute Gasteiger partial charge is 0.440 e. The molecule has 0 saturated carbocycles. The van der Waals surface area contributed by atoms with E-state index in [-0.39, 0.29) is 11.8 Å². The summed E-state index contributed by atoms with van der Waals surface area (Å²) < 4.78 is 9.86. The zero-order valence-electron chi connectivity index (χ0n) is 18.5. The molecule has 2 N–H and O–H groups in total. The van der Waals surface area contributed by atoms with Crippen molar-refractivity contribution in [1.29, 1.82) is 5.26 Å². The van der Waals surface area contributed by atoms with Gasteiger partial charge in [0, 0.05) is 36.6 Å². The molecule has 2 aliphatic rings. The van der Waals surface area contributed by atoms with Crippen molar-refractivity contribution < 1.29 is 4.74 Å². The Morgan fingerprint density at radius 3 is 2.30 bits per heavy atom. The van der Waals surface area contributed by atoms with E-state index in [1.165, 1.54) is 0 Å².